The number of nitrogens with zero attached hydrogens (tertiary/aromatic N) is 3. The molecule has 6 rings (SSSR count). The van der Waals surface area contributed by atoms with E-state index in [2.05, 4.69) is 6.08 Å². The van der Waals surface area contributed by atoms with Gasteiger partial charge in [0.15, 0.2) is 6.61 Å². The van der Waals surface area contributed by atoms with Crippen molar-refractivity contribution in [1.82, 2.24) is 9.31 Å². The zero-order valence-corrected chi connectivity index (χ0v) is 27.1. The van der Waals surface area contributed by atoms with E-state index in [4.69, 9.17) is 24.0 Å². The molecule has 12 heteroatoms. The van der Waals surface area contributed by atoms with E-state index >= 15 is 0 Å². The predicted molar refractivity (Wildman–Crippen MR) is 175 cm³/mol. The SMILES string of the molecule is COc1ccc(/C=C2/CCCC3C2=NN(C(=O)COC(=O)c2ccc(S(=O)(=O)N4CCOCC4)cc2)C3c2ccc(OC)cc2)cc1. The van der Waals surface area contributed by atoms with Crippen molar-refractivity contribution in [2.24, 2.45) is 11.0 Å². The molecular formula is C35H37N3O8S. The molecule has 0 radical (unpaired) electrons. The summed E-state index contributed by atoms with van der Waals surface area (Å²) in [5.41, 5.74) is 3.95. The van der Waals surface area contributed by atoms with Crippen LogP contribution < -0.4 is 9.47 Å². The van der Waals surface area contributed by atoms with E-state index in [1.807, 2.05) is 48.5 Å². The Kier molecular flexibility index (Phi) is 9.71. The summed E-state index contributed by atoms with van der Waals surface area (Å²) in [6, 6.07) is 20.5. The van der Waals surface area contributed by atoms with Crippen LogP contribution in [0.3, 0.4) is 0 Å². The molecule has 0 bridgehead atoms. The fourth-order valence-electron chi connectivity index (χ4n) is 6.22. The number of morpholine rings is 1. The number of carbonyl (C=O) groups is 2. The number of allylic oxidation sites excluding steroid dienone is 1. The van der Waals surface area contributed by atoms with E-state index in [0.717, 1.165) is 47.4 Å². The van der Waals surface area contributed by atoms with Gasteiger partial charge in [-0.1, -0.05) is 24.3 Å². The minimum atomic E-state index is -3.71. The Hall–Kier alpha value is -4.52. The molecule has 3 aliphatic rings. The maximum Gasteiger partial charge on any atom is 0.338 e. The molecule has 1 amide bonds. The van der Waals surface area contributed by atoms with E-state index in [-0.39, 0.29) is 35.5 Å². The molecule has 11 nitrogen and oxygen atoms in total. The minimum Gasteiger partial charge on any atom is -0.497 e. The first-order valence-corrected chi connectivity index (χ1v) is 17.0. The number of hydrogen-bond acceptors (Lipinski definition) is 9. The van der Waals surface area contributed by atoms with Crippen molar-refractivity contribution in [1.29, 1.82) is 0 Å². The molecule has 2 heterocycles. The van der Waals surface area contributed by atoms with Crippen LogP contribution in [0.2, 0.25) is 0 Å². The van der Waals surface area contributed by atoms with Gasteiger partial charge < -0.3 is 18.9 Å². The number of rotatable bonds is 9. The highest BCUT2D eigenvalue weighted by molar-refractivity contribution is 7.89. The van der Waals surface area contributed by atoms with Gasteiger partial charge in [-0.15, -0.1) is 0 Å². The lowest BCUT2D eigenvalue weighted by Crippen LogP contribution is -2.40. The monoisotopic (exact) mass is 659 g/mol. The molecule has 2 unspecified atom stereocenters. The smallest absolute Gasteiger partial charge is 0.338 e. The molecule has 0 aromatic heterocycles. The second-order valence-electron chi connectivity index (χ2n) is 11.5. The Balaban J connectivity index is 1.20. The third kappa shape index (κ3) is 6.95. The average Bonchev–Trinajstić information content (AvgIpc) is 3.52. The summed E-state index contributed by atoms with van der Waals surface area (Å²) in [6.45, 7) is 0.680. The third-order valence-corrected chi connectivity index (χ3v) is 10.6. The van der Waals surface area contributed by atoms with Crippen LogP contribution in [0, 0.1) is 5.92 Å². The number of amides is 1. The number of fused-ring (bicyclic) bond motifs is 1. The maximum absolute atomic E-state index is 13.7. The molecule has 0 N–H and O–H groups in total. The van der Waals surface area contributed by atoms with E-state index in [9.17, 15) is 18.0 Å². The van der Waals surface area contributed by atoms with Crippen LogP contribution in [-0.4, -0.2) is 82.4 Å². The summed E-state index contributed by atoms with van der Waals surface area (Å²) in [5, 5.41) is 6.30. The van der Waals surface area contributed by atoms with Crippen LogP contribution >= 0.6 is 0 Å². The Morgan fingerprint density at radius 1 is 0.915 bits per heavy atom. The molecule has 2 fully saturated rings. The van der Waals surface area contributed by atoms with Crippen molar-refractivity contribution in [3.63, 3.8) is 0 Å². The largest absolute Gasteiger partial charge is 0.497 e. The summed E-state index contributed by atoms with van der Waals surface area (Å²) in [6.07, 6.45) is 4.71. The van der Waals surface area contributed by atoms with Gasteiger partial charge >= 0.3 is 5.97 Å². The van der Waals surface area contributed by atoms with E-state index in [0.29, 0.717) is 19.0 Å². The standard InChI is InChI=1S/C35H37N3O8S/c1-43-28-12-6-24(7-13-28)22-27-4-3-5-31-33(27)36-38(34(31)25-8-14-29(44-2)15-9-25)32(39)23-46-35(40)26-10-16-30(17-11-26)47(41,42)37-18-20-45-21-19-37/h6-17,22,31,34H,3-5,18-21,23H2,1-2H3/b27-22-. The Morgan fingerprint density at radius 2 is 1.55 bits per heavy atom. The minimum absolute atomic E-state index is 0.0396. The third-order valence-electron chi connectivity index (χ3n) is 8.70. The zero-order valence-electron chi connectivity index (χ0n) is 26.3. The first kappa shape index (κ1) is 32.4. The van der Waals surface area contributed by atoms with Crippen LogP contribution in [-0.2, 0) is 24.3 Å². The lowest BCUT2D eigenvalue weighted by Gasteiger charge is -2.29. The number of hydrogen-bond donors (Lipinski definition) is 0. The summed E-state index contributed by atoms with van der Waals surface area (Å²) in [7, 11) is -0.478. The van der Waals surface area contributed by atoms with Crippen LogP contribution in [0.1, 0.15) is 46.8 Å². The first-order chi connectivity index (χ1) is 22.8. The zero-order chi connectivity index (χ0) is 33.0. The molecule has 0 spiro atoms. The summed E-state index contributed by atoms with van der Waals surface area (Å²) in [5.74, 6) is 0.233. The van der Waals surface area contributed by atoms with Crippen molar-refractivity contribution in [2.45, 2.75) is 30.2 Å². The maximum atomic E-state index is 13.7. The second kappa shape index (κ2) is 14.1. The summed E-state index contributed by atoms with van der Waals surface area (Å²) < 4.78 is 48.6. The molecule has 1 saturated heterocycles. The van der Waals surface area contributed by atoms with Gasteiger partial charge in [0.1, 0.15) is 11.5 Å². The highest BCUT2D eigenvalue weighted by Crippen LogP contribution is 2.44. The van der Waals surface area contributed by atoms with Gasteiger partial charge in [-0.2, -0.15) is 9.41 Å². The molecule has 2 atom stereocenters. The van der Waals surface area contributed by atoms with Gasteiger partial charge in [-0.25, -0.2) is 18.2 Å². The second-order valence-corrected chi connectivity index (χ2v) is 13.4. The average molecular weight is 660 g/mol. The summed E-state index contributed by atoms with van der Waals surface area (Å²) >= 11 is 0. The molecule has 1 saturated carbocycles. The number of benzene rings is 3. The van der Waals surface area contributed by atoms with Crippen LogP contribution in [0.4, 0.5) is 0 Å². The lowest BCUT2D eigenvalue weighted by atomic mass is 9.77. The quantitative estimate of drug-likeness (QED) is 0.303. The van der Waals surface area contributed by atoms with Crippen molar-refractivity contribution >= 4 is 33.7 Å². The fraction of sp³-hybridized carbons (Fsp3) is 0.343. The Morgan fingerprint density at radius 3 is 2.19 bits per heavy atom. The highest BCUT2D eigenvalue weighted by Gasteiger charge is 2.44. The molecule has 246 valence electrons. The highest BCUT2D eigenvalue weighted by atomic mass is 32.2. The number of ether oxygens (including phenoxy) is 4. The van der Waals surface area contributed by atoms with Gasteiger partial charge in [-0.3, -0.25) is 4.79 Å². The predicted octanol–water partition coefficient (Wildman–Crippen LogP) is 4.70. The van der Waals surface area contributed by atoms with E-state index < -0.39 is 28.5 Å². The van der Waals surface area contributed by atoms with Crippen LogP contribution in [0.25, 0.3) is 6.08 Å². The normalized spacial score (nSPS) is 20.8. The van der Waals surface area contributed by atoms with Crippen molar-refractivity contribution in [3.8, 4) is 11.5 Å². The van der Waals surface area contributed by atoms with Crippen molar-refractivity contribution in [3.05, 3.63) is 95.1 Å². The lowest BCUT2D eigenvalue weighted by molar-refractivity contribution is -0.137. The van der Waals surface area contributed by atoms with Crippen LogP contribution in [0.5, 0.6) is 11.5 Å². The van der Waals surface area contributed by atoms with Crippen molar-refractivity contribution in [2.75, 3.05) is 47.1 Å². The number of sulfonamides is 1. The van der Waals surface area contributed by atoms with Gasteiger partial charge in [0.25, 0.3) is 5.91 Å². The summed E-state index contributed by atoms with van der Waals surface area (Å²) in [4.78, 5) is 26.8. The van der Waals surface area contributed by atoms with E-state index in [1.54, 1.807) is 14.2 Å². The van der Waals surface area contributed by atoms with Gasteiger partial charge in [0.05, 0.1) is 49.6 Å². The van der Waals surface area contributed by atoms with E-state index in [1.165, 1.54) is 33.6 Å². The van der Waals surface area contributed by atoms with Crippen LogP contribution in [0.15, 0.2) is 88.4 Å². The molecule has 3 aromatic carbocycles. The molecule has 47 heavy (non-hydrogen) atoms. The molecular weight excluding hydrogens is 622 g/mol. The number of methoxy groups -OCH3 is 2. The van der Waals surface area contributed by atoms with Crippen molar-refractivity contribution < 1.29 is 37.0 Å². The molecule has 3 aromatic rings. The molecule has 2 aliphatic heterocycles. The number of carbonyl (C=O) groups excluding carboxylic acids is 2. The number of esters is 1. The Bertz CT molecular complexity index is 1760. The van der Waals surface area contributed by atoms with Gasteiger partial charge in [0, 0.05) is 19.0 Å². The van der Waals surface area contributed by atoms with Gasteiger partial charge in [0.2, 0.25) is 10.0 Å². The topological polar surface area (TPSA) is 124 Å². The molecule has 1 aliphatic carbocycles. The Labute approximate surface area is 274 Å². The number of hydrazone groups is 1. The fourth-order valence-corrected chi connectivity index (χ4v) is 7.63. The first-order valence-electron chi connectivity index (χ1n) is 15.5. The van der Waals surface area contributed by atoms with Gasteiger partial charge in [-0.05, 0) is 90.6 Å².